The van der Waals surface area contributed by atoms with Crippen LogP contribution in [0.25, 0.3) is 0 Å². The summed E-state index contributed by atoms with van der Waals surface area (Å²) in [6.07, 6.45) is 1.77. The molecule has 146 valence electrons. The number of benzene rings is 1. The number of carbonyl (C=O) groups excluding carboxylic acids is 1. The van der Waals surface area contributed by atoms with Gasteiger partial charge in [-0.15, -0.1) is 0 Å². The number of rotatable bonds is 5. The van der Waals surface area contributed by atoms with Crippen molar-refractivity contribution in [1.82, 2.24) is 4.90 Å². The summed E-state index contributed by atoms with van der Waals surface area (Å²) in [6.45, 7) is 0.477. The summed E-state index contributed by atoms with van der Waals surface area (Å²) in [5.41, 5.74) is -2.07. The Labute approximate surface area is 156 Å². The maximum absolute atomic E-state index is 13.0. The average molecular weight is 377 g/mol. The molecule has 2 aliphatic rings. The van der Waals surface area contributed by atoms with E-state index in [1.165, 1.54) is 12.1 Å². The molecule has 2 N–H and O–H groups in total. The summed E-state index contributed by atoms with van der Waals surface area (Å²) < 4.78 is 11.4. The molecule has 1 amide bonds. The van der Waals surface area contributed by atoms with Gasteiger partial charge in [0, 0.05) is 18.7 Å². The minimum absolute atomic E-state index is 0.119. The molecule has 0 radical (unpaired) electrons. The first-order valence-corrected chi connectivity index (χ1v) is 9.06. The van der Waals surface area contributed by atoms with E-state index in [0.717, 1.165) is 24.2 Å². The molecule has 27 heavy (non-hydrogen) atoms. The molecule has 0 bridgehead atoms. The summed E-state index contributed by atoms with van der Waals surface area (Å²) in [4.78, 5) is 37.7. The molecule has 2 saturated heterocycles. The predicted molar refractivity (Wildman–Crippen MR) is 93.2 cm³/mol. The van der Waals surface area contributed by atoms with Gasteiger partial charge in [0.05, 0.1) is 6.10 Å². The lowest BCUT2D eigenvalue weighted by Crippen LogP contribution is -2.66. The topological polar surface area (TPSA) is 113 Å². The second-order valence-electron chi connectivity index (χ2n) is 6.85. The number of carboxylic acids is 2. The normalized spacial score (nSPS) is 25.0. The van der Waals surface area contributed by atoms with Crippen LogP contribution >= 0.6 is 0 Å². The van der Waals surface area contributed by atoms with E-state index in [1.54, 1.807) is 18.2 Å². The summed E-state index contributed by atoms with van der Waals surface area (Å²) in [6, 6.07) is 8.08. The first kappa shape index (κ1) is 19.3. The number of ether oxygens (including phenoxy) is 2. The zero-order valence-corrected chi connectivity index (χ0v) is 14.9. The molecular formula is C19H23NO7. The predicted octanol–water partition coefficient (Wildman–Crippen LogP) is 1.74. The molecule has 0 saturated carbocycles. The van der Waals surface area contributed by atoms with Crippen LogP contribution in [0.3, 0.4) is 0 Å². The van der Waals surface area contributed by atoms with Crippen LogP contribution in [0.2, 0.25) is 0 Å². The highest BCUT2D eigenvalue weighted by atomic mass is 16.7. The number of hydrogen-bond donors (Lipinski definition) is 2. The van der Waals surface area contributed by atoms with E-state index in [9.17, 15) is 24.6 Å². The number of likely N-dealkylation sites (tertiary alicyclic amines) is 1. The number of aliphatic carboxylic acids is 2. The lowest BCUT2D eigenvalue weighted by atomic mass is 9.84. The largest absolute Gasteiger partial charge is 0.479 e. The molecular weight excluding hydrogens is 354 g/mol. The second kappa shape index (κ2) is 8.06. The van der Waals surface area contributed by atoms with E-state index in [0.29, 0.717) is 6.61 Å². The van der Waals surface area contributed by atoms with Crippen molar-refractivity contribution >= 4 is 17.8 Å². The molecule has 0 spiro atoms. The highest BCUT2D eigenvalue weighted by molar-refractivity contribution is 6.09. The molecule has 2 aliphatic heterocycles. The van der Waals surface area contributed by atoms with Gasteiger partial charge in [0.2, 0.25) is 5.54 Å². The van der Waals surface area contributed by atoms with Gasteiger partial charge < -0.3 is 24.6 Å². The third kappa shape index (κ3) is 3.81. The Hall–Kier alpha value is -2.45. The molecule has 1 aromatic carbocycles. The summed E-state index contributed by atoms with van der Waals surface area (Å²) in [5, 5.41) is 19.4. The quantitative estimate of drug-likeness (QED) is 0.752. The van der Waals surface area contributed by atoms with E-state index in [2.05, 4.69) is 0 Å². The minimum atomic E-state index is -2.31. The Morgan fingerprint density at radius 3 is 2.37 bits per heavy atom. The molecule has 8 nitrogen and oxygen atoms in total. The maximum atomic E-state index is 13.0. The molecule has 1 unspecified atom stereocenters. The van der Waals surface area contributed by atoms with Gasteiger partial charge in [-0.2, -0.15) is 0 Å². The first-order chi connectivity index (χ1) is 12.9. The van der Waals surface area contributed by atoms with Crippen LogP contribution in [0.4, 0.5) is 0 Å². The van der Waals surface area contributed by atoms with Gasteiger partial charge in [0.1, 0.15) is 0 Å². The van der Waals surface area contributed by atoms with Crippen LogP contribution in [-0.2, 0) is 19.1 Å². The Kier molecular flexibility index (Phi) is 5.76. The maximum Gasteiger partial charge on any atom is 0.341 e. The van der Waals surface area contributed by atoms with Gasteiger partial charge in [-0.1, -0.05) is 18.2 Å². The fourth-order valence-corrected chi connectivity index (χ4v) is 3.63. The van der Waals surface area contributed by atoms with Crippen molar-refractivity contribution in [3.63, 3.8) is 0 Å². The second-order valence-corrected chi connectivity index (χ2v) is 6.85. The Morgan fingerprint density at radius 2 is 1.78 bits per heavy atom. The fourth-order valence-electron chi connectivity index (χ4n) is 3.63. The molecule has 0 aliphatic carbocycles. The van der Waals surface area contributed by atoms with Gasteiger partial charge in [0.15, 0.2) is 6.29 Å². The van der Waals surface area contributed by atoms with E-state index in [4.69, 9.17) is 9.47 Å². The van der Waals surface area contributed by atoms with Crippen molar-refractivity contribution in [2.75, 3.05) is 13.2 Å². The lowest BCUT2D eigenvalue weighted by molar-refractivity contribution is -0.205. The molecule has 2 fully saturated rings. The highest BCUT2D eigenvalue weighted by Crippen LogP contribution is 2.33. The monoisotopic (exact) mass is 377 g/mol. The summed E-state index contributed by atoms with van der Waals surface area (Å²) in [5.74, 6) is -3.74. The summed E-state index contributed by atoms with van der Waals surface area (Å²) in [7, 11) is 0. The van der Waals surface area contributed by atoms with Crippen LogP contribution in [0, 0.1) is 0 Å². The molecule has 1 aromatic rings. The zero-order valence-electron chi connectivity index (χ0n) is 14.9. The van der Waals surface area contributed by atoms with Gasteiger partial charge in [-0.3, -0.25) is 4.79 Å². The summed E-state index contributed by atoms with van der Waals surface area (Å²) >= 11 is 0. The number of carbonyl (C=O) groups is 3. The molecule has 2 heterocycles. The molecule has 0 aromatic heterocycles. The van der Waals surface area contributed by atoms with E-state index in [1.807, 2.05) is 0 Å². The number of carboxylic acid groups (broad SMARTS) is 2. The van der Waals surface area contributed by atoms with Crippen molar-refractivity contribution in [3.05, 3.63) is 35.9 Å². The van der Waals surface area contributed by atoms with Crippen LogP contribution in [-0.4, -0.2) is 64.0 Å². The lowest BCUT2D eigenvalue weighted by Gasteiger charge is -2.44. The highest BCUT2D eigenvalue weighted by Gasteiger charge is 2.57. The van der Waals surface area contributed by atoms with Crippen molar-refractivity contribution in [3.8, 4) is 0 Å². The Bertz CT molecular complexity index is 685. The Balaban J connectivity index is 1.86. The van der Waals surface area contributed by atoms with Crippen LogP contribution in [0.5, 0.6) is 0 Å². The SMILES string of the molecule is O=C(c1ccccc1)N1C[C@@H](OC2CCCCO2)CCC1(C(=O)O)C(=O)O. The standard InChI is InChI=1S/C19H23NO7/c21-16(13-6-2-1-3-7-13)20-12-14(27-15-8-4-5-11-26-15)9-10-19(20,17(22)23)18(24)25/h1-3,6-7,14-15H,4-5,8-12H2,(H,22,23)(H,24,25)/t14-,15?/m0/s1. The van der Waals surface area contributed by atoms with Crippen LogP contribution in [0.15, 0.2) is 30.3 Å². The minimum Gasteiger partial charge on any atom is -0.479 e. The van der Waals surface area contributed by atoms with Crippen molar-refractivity contribution in [2.45, 2.75) is 50.0 Å². The third-order valence-corrected chi connectivity index (χ3v) is 5.13. The van der Waals surface area contributed by atoms with Crippen LogP contribution < -0.4 is 0 Å². The number of hydrogen-bond acceptors (Lipinski definition) is 5. The molecule has 8 heteroatoms. The van der Waals surface area contributed by atoms with Crippen LogP contribution in [0.1, 0.15) is 42.5 Å². The third-order valence-electron chi connectivity index (χ3n) is 5.13. The van der Waals surface area contributed by atoms with E-state index >= 15 is 0 Å². The van der Waals surface area contributed by atoms with E-state index in [-0.39, 0.29) is 24.9 Å². The van der Waals surface area contributed by atoms with Crippen molar-refractivity contribution < 1.29 is 34.1 Å². The van der Waals surface area contributed by atoms with E-state index < -0.39 is 35.8 Å². The van der Waals surface area contributed by atoms with Gasteiger partial charge in [0.25, 0.3) is 5.91 Å². The van der Waals surface area contributed by atoms with Gasteiger partial charge >= 0.3 is 11.9 Å². The number of piperidine rings is 1. The van der Waals surface area contributed by atoms with Crippen molar-refractivity contribution in [1.29, 1.82) is 0 Å². The zero-order chi connectivity index (χ0) is 19.4. The van der Waals surface area contributed by atoms with Gasteiger partial charge in [-0.25, -0.2) is 9.59 Å². The fraction of sp³-hybridized carbons (Fsp3) is 0.526. The molecule has 3 rings (SSSR count). The average Bonchev–Trinajstić information content (AvgIpc) is 2.68. The smallest absolute Gasteiger partial charge is 0.341 e. The first-order valence-electron chi connectivity index (χ1n) is 9.06. The Morgan fingerprint density at radius 1 is 1.07 bits per heavy atom. The number of nitrogens with zero attached hydrogens (tertiary/aromatic N) is 1. The van der Waals surface area contributed by atoms with Crippen molar-refractivity contribution in [2.24, 2.45) is 0 Å². The molecule has 2 atom stereocenters. The van der Waals surface area contributed by atoms with Gasteiger partial charge in [-0.05, 0) is 44.2 Å². The number of amides is 1.